The lowest BCUT2D eigenvalue weighted by Gasteiger charge is -2.08. The second kappa shape index (κ2) is 7.04. The van der Waals surface area contributed by atoms with Crippen LogP contribution >= 0.6 is 0 Å². The van der Waals surface area contributed by atoms with E-state index in [-0.39, 0.29) is 17.3 Å². The molecule has 0 saturated heterocycles. The van der Waals surface area contributed by atoms with Crippen molar-refractivity contribution in [2.45, 2.75) is 0 Å². The molecule has 0 fully saturated rings. The number of amides is 1. The minimum atomic E-state index is -0.261. The number of anilines is 1. The third kappa shape index (κ3) is 3.82. The Morgan fingerprint density at radius 3 is 2.26 bits per heavy atom. The van der Waals surface area contributed by atoms with Crippen molar-refractivity contribution in [1.82, 2.24) is 4.98 Å². The Balaban J connectivity index is 2.22. The first kappa shape index (κ1) is 16.0. The largest absolute Gasteiger partial charge is 0.397 e. The second-order valence-corrected chi connectivity index (χ2v) is 4.69. The van der Waals surface area contributed by atoms with Crippen LogP contribution in [0.3, 0.4) is 0 Å². The number of carbonyl (C=O) groups is 1. The number of hydrogen-bond acceptors (Lipinski definition) is 5. The summed E-state index contributed by atoms with van der Waals surface area (Å²) in [5.41, 5.74) is 13.5. The van der Waals surface area contributed by atoms with E-state index in [9.17, 15) is 4.79 Å². The van der Waals surface area contributed by atoms with Crippen LogP contribution in [-0.4, -0.2) is 17.6 Å². The van der Waals surface area contributed by atoms with Gasteiger partial charge in [-0.25, -0.2) is 4.98 Å². The lowest BCUT2D eigenvalue weighted by atomic mass is 10.1. The molecule has 0 radical (unpaired) electrons. The van der Waals surface area contributed by atoms with E-state index in [0.29, 0.717) is 22.6 Å². The summed E-state index contributed by atoms with van der Waals surface area (Å²) >= 11 is 0. The molecule has 1 aromatic heterocycles. The second-order valence-electron chi connectivity index (χ2n) is 4.69. The van der Waals surface area contributed by atoms with Crippen molar-refractivity contribution >= 4 is 24.1 Å². The summed E-state index contributed by atoms with van der Waals surface area (Å²) < 4.78 is 0. The van der Waals surface area contributed by atoms with E-state index in [4.69, 9.17) is 11.5 Å². The van der Waals surface area contributed by atoms with E-state index in [0.717, 1.165) is 0 Å². The third-order valence-electron chi connectivity index (χ3n) is 3.09. The smallest absolute Gasteiger partial charge is 0.256 e. The quantitative estimate of drug-likeness (QED) is 0.581. The highest BCUT2D eigenvalue weighted by molar-refractivity contribution is 6.03. The van der Waals surface area contributed by atoms with E-state index >= 15 is 0 Å². The van der Waals surface area contributed by atoms with Gasteiger partial charge in [0.15, 0.2) is 0 Å². The molecule has 5 N–H and O–H groups in total. The maximum absolute atomic E-state index is 12.1. The molecule has 0 saturated carbocycles. The molecule has 0 spiro atoms. The Morgan fingerprint density at radius 1 is 1.09 bits per heavy atom. The van der Waals surface area contributed by atoms with Gasteiger partial charge in [0.1, 0.15) is 5.82 Å². The van der Waals surface area contributed by atoms with Gasteiger partial charge < -0.3 is 16.8 Å². The standard InChI is InChI=1S/C17H17N5O/c1-11(18)15(19)16(20-2)12-6-8-13(9-7-12)17(23)22-14-5-3-4-10-21-14/h3-10H,1-2,18-19H2,(H,21,22,23)/b16-15-. The third-order valence-corrected chi connectivity index (χ3v) is 3.09. The van der Waals surface area contributed by atoms with Crippen LogP contribution in [0.25, 0.3) is 5.70 Å². The van der Waals surface area contributed by atoms with Crippen molar-refractivity contribution in [2.24, 2.45) is 16.5 Å². The number of aromatic nitrogens is 1. The van der Waals surface area contributed by atoms with Crippen LogP contribution in [-0.2, 0) is 0 Å². The van der Waals surface area contributed by atoms with E-state index in [1.807, 2.05) is 0 Å². The fraction of sp³-hybridized carbons (Fsp3) is 0. The van der Waals surface area contributed by atoms with Crippen LogP contribution in [0, 0.1) is 0 Å². The molecule has 23 heavy (non-hydrogen) atoms. The van der Waals surface area contributed by atoms with E-state index in [2.05, 4.69) is 28.6 Å². The zero-order valence-corrected chi connectivity index (χ0v) is 12.5. The Kier molecular flexibility index (Phi) is 4.89. The first-order valence-corrected chi connectivity index (χ1v) is 6.77. The number of carbonyl (C=O) groups excluding carboxylic acids is 1. The average Bonchev–Trinajstić information content (AvgIpc) is 2.56. The summed E-state index contributed by atoms with van der Waals surface area (Å²) in [5, 5.41) is 2.71. The van der Waals surface area contributed by atoms with Gasteiger partial charge in [0.05, 0.1) is 11.4 Å². The molecule has 0 unspecified atom stereocenters. The Hall–Kier alpha value is -3.41. The van der Waals surface area contributed by atoms with E-state index < -0.39 is 0 Å². The zero-order chi connectivity index (χ0) is 16.8. The SMILES string of the molecule is C=N/C(=C(\N)C(=C)N)c1ccc(C(=O)Nc2ccccn2)cc1. The van der Waals surface area contributed by atoms with Crippen LogP contribution < -0.4 is 16.8 Å². The molecule has 0 aliphatic heterocycles. The Labute approximate surface area is 134 Å². The molecule has 6 heteroatoms. The number of aliphatic imine (C=N–C) groups is 1. The molecule has 6 nitrogen and oxygen atoms in total. The van der Waals surface area contributed by atoms with Crippen molar-refractivity contribution in [3.63, 3.8) is 0 Å². The highest BCUT2D eigenvalue weighted by Crippen LogP contribution is 2.20. The van der Waals surface area contributed by atoms with E-state index in [1.165, 1.54) is 0 Å². The molecule has 2 aromatic rings. The lowest BCUT2D eigenvalue weighted by molar-refractivity contribution is 0.102. The van der Waals surface area contributed by atoms with Crippen LogP contribution in [0.2, 0.25) is 0 Å². The molecule has 0 bridgehead atoms. The van der Waals surface area contributed by atoms with Gasteiger partial charge in [-0.3, -0.25) is 9.79 Å². The van der Waals surface area contributed by atoms with Gasteiger partial charge in [0, 0.05) is 23.0 Å². The van der Waals surface area contributed by atoms with Gasteiger partial charge in [-0.05, 0) is 31.0 Å². The lowest BCUT2D eigenvalue weighted by Crippen LogP contribution is -2.13. The number of nitrogens with one attached hydrogen (secondary N) is 1. The van der Waals surface area contributed by atoms with E-state index in [1.54, 1.807) is 48.7 Å². The first-order chi connectivity index (χ1) is 11.0. The number of nitrogens with two attached hydrogens (primary N) is 2. The topological polar surface area (TPSA) is 106 Å². The highest BCUT2D eigenvalue weighted by Gasteiger charge is 2.10. The summed E-state index contributed by atoms with van der Waals surface area (Å²) in [6.45, 7) is 7.06. The summed E-state index contributed by atoms with van der Waals surface area (Å²) in [6.07, 6.45) is 1.61. The number of pyridine rings is 1. The molecular weight excluding hydrogens is 290 g/mol. The molecule has 116 valence electrons. The summed E-state index contributed by atoms with van der Waals surface area (Å²) in [7, 11) is 0. The van der Waals surface area contributed by atoms with Gasteiger partial charge in [-0.1, -0.05) is 24.8 Å². The van der Waals surface area contributed by atoms with Crippen LogP contribution in [0.1, 0.15) is 15.9 Å². The summed E-state index contributed by atoms with van der Waals surface area (Å²) in [4.78, 5) is 20.1. The number of rotatable bonds is 5. The number of hydrogen-bond donors (Lipinski definition) is 3. The van der Waals surface area contributed by atoms with Crippen LogP contribution in [0.15, 0.2) is 71.6 Å². The molecule has 0 aliphatic carbocycles. The van der Waals surface area contributed by atoms with Crippen LogP contribution in [0.5, 0.6) is 0 Å². The fourth-order valence-corrected chi connectivity index (χ4v) is 1.89. The van der Waals surface area contributed by atoms with Crippen molar-refractivity contribution in [3.8, 4) is 0 Å². The van der Waals surface area contributed by atoms with Gasteiger partial charge in [-0.2, -0.15) is 0 Å². The van der Waals surface area contributed by atoms with Crippen molar-refractivity contribution in [2.75, 3.05) is 5.32 Å². The van der Waals surface area contributed by atoms with Gasteiger partial charge in [0.2, 0.25) is 0 Å². The normalized spacial score (nSPS) is 11.3. The number of nitrogens with zero attached hydrogens (tertiary/aromatic N) is 2. The number of benzene rings is 1. The molecule has 1 heterocycles. The van der Waals surface area contributed by atoms with Gasteiger partial charge >= 0.3 is 0 Å². The van der Waals surface area contributed by atoms with Gasteiger partial charge in [-0.15, -0.1) is 0 Å². The highest BCUT2D eigenvalue weighted by atomic mass is 16.1. The molecular formula is C17H17N5O. The van der Waals surface area contributed by atoms with Crippen molar-refractivity contribution in [1.29, 1.82) is 0 Å². The fourth-order valence-electron chi connectivity index (χ4n) is 1.89. The van der Waals surface area contributed by atoms with Crippen molar-refractivity contribution < 1.29 is 4.79 Å². The summed E-state index contributed by atoms with van der Waals surface area (Å²) in [6, 6.07) is 12.0. The summed E-state index contributed by atoms with van der Waals surface area (Å²) in [5.74, 6) is 0.224. The molecule has 1 aromatic carbocycles. The Morgan fingerprint density at radius 2 is 1.74 bits per heavy atom. The molecule has 0 aliphatic rings. The van der Waals surface area contributed by atoms with Gasteiger partial charge in [0.25, 0.3) is 5.91 Å². The molecule has 2 rings (SSSR count). The predicted octanol–water partition coefficient (Wildman–Crippen LogP) is 2.13. The molecule has 1 amide bonds. The Bertz CT molecular complexity index is 763. The maximum atomic E-state index is 12.1. The van der Waals surface area contributed by atoms with Crippen LogP contribution in [0.4, 0.5) is 5.82 Å². The average molecular weight is 307 g/mol. The monoisotopic (exact) mass is 307 g/mol. The zero-order valence-electron chi connectivity index (χ0n) is 12.5. The molecule has 0 atom stereocenters. The maximum Gasteiger partial charge on any atom is 0.256 e. The first-order valence-electron chi connectivity index (χ1n) is 6.77. The minimum Gasteiger partial charge on any atom is -0.397 e. The minimum absolute atomic E-state index is 0.212. The predicted molar refractivity (Wildman–Crippen MR) is 92.6 cm³/mol. The van der Waals surface area contributed by atoms with Crippen molar-refractivity contribution in [3.05, 3.63) is 77.8 Å².